The zero-order valence-corrected chi connectivity index (χ0v) is 13.5. The molecule has 2 atom stereocenters. The molecule has 2 unspecified atom stereocenters. The summed E-state index contributed by atoms with van der Waals surface area (Å²) in [7, 11) is 0. The van der Waals surface area contributed by atoms with Crippen LogP contribution in [0.4, 0.5) is 0 Å². The fraction of sp³-hybridized carbons (Fsp3) is 0.438. The van der Waals surface area contributed by atoms with Crippen LogP contribution in [0.15, 0.2) is 36.5 Å². The number of halogens is 1. The summed E-state index contributed by atoms with van der Waals surface area (Å²) in [6, 6.07) is 11.0. The molecular formula is C16H20ClN5O. The second kappa shape index (κ2) is 6.68. The Labute approximate surface area is 141 Å². The molecule has 2 aliphatic heterocycles. The van der Waals surface area contributed by atoms with Gasteiger partial charge in [-0.05, 0) is 37.8 Å². The largest absolute Gasteiger partial charge is 0.348 e. The van der Waals surface area contributed by atoms with Gasteiger partial charge in [-0.1, -0.05) is 18.2 Å². The first-order chi connectivity index (χ1) is 10.8. The standard InChI is InChI=1S/C16H19N5O.ClH/c22-16(19-13-8-11-6-7-12(9-13)18-11)15-10-17-21(20-15)14-4-2-1-3-5-14;/h1-5,10-13,18H,6-9H2,(H,19,22);1H. The Morgan fingerprint density at radius 3 is 2.57 bits per heavy atom. The summed E-state index contributed by atoms with van der Waals surface area (Å²) in [5.74, 6) is -0.131. The van der Waals surface area contributed by atoms with Crippen molar-refractivity contribution in [2.24, 2.45) is 0 Å². The average molecular weight is 334 g/mol. The Morgan fingerprint density at radius 2 is 1.87 bits per heavy atom. The molecule has 2 aromatic rings. The molecule has 2 N–H and O–H groups in total. The maximum Gasteiger partial charge on any atom is 0.273 e. The Hall–Kier alpha value is -1.92. The van der Waals surface area contributed by atoms with Crippen molar-refractivity contribution >= 4 is 18.3 Å². The predicted octanol–water partition coefficient (Wildman–Crippen LogP) is 1.70. The van der Waals surface area contributed by atoms with Crippen molar-refractivity contribution in [1.29, 1.82) is 0 Å². The summed E-state index contributed by atoms with van der Waals surface area (Å²) in [4.78, 5) is 13.8. The number of aromatic nitrogens is 3. The van der Waals surface area contributed by atoms with E-state index in [-0.39, 0.29) is 24.4 Å². The number of nitrogens with one attached hydrogen (secondary N) is 2. The van der Waals surface area contributed by atoms with Gasteiger partial charge in [0.05, 0.1) is 11.9 Å². The predicted molar refractivity (Wildman–Crippen MR) is 89.0 cm³/mol. The van der Waals surface area contributed by atoms with E-state index >= 15 is 0 Å². The lowest BCUT2D eigenvalue weighted by Gasteiger charge is -2.29. The van der Waals surface area contributed by atoms with Crippen LogP contribution in [0.2, 0.25) is 0 Å². The molecule has 0 radical (unpaired) electrons. The Bertz CT molecular complexity index is 662. The van der Waals surface area contributed by atoms with E-state index in [1.807, 2.05) is 30.3 Å². The zero-order valence-electron chi connectivity index (χ0n) is 12.7. The minimum Gasteiger partial charge on any atom is -0.348 e. The molecule has 4 rings (SSSR count). The number of benzene rings is 1. The normalized spacial score (nSPS) is 25.7. The lowest BCUT2D eigenvalue weighted by Crippen LogP contribution is -2.48. The van der Waals surface area contributed by atoms with Gasteiger partial charge in [-0.15, -0.1) is 17.5 Å². The molecule has 7 heteroatoms. The highest BCUT2D eigenvalue weighted by molar-refractivity contribution is 5.92. The van der Waals surface area contributed by atoms with Crippen LogP contribution >= 0.6 is 12.4 Å². The number of nitrogens with zero attached hydrogens (tertiary/aromatic N) is 3. The second-order valence-electron chi connectivity index (χ2n) is 6.13. The van der Waals surface area contributed by atoms with Crippen LogP contribution in [-0.4, -0.2) is 39.0 Å². The Balaban J connectivity index is 0.00000156. The first kappa shape index (κ1) is 16.0. The van der Waals surface area contributed by atoms with Crippen molar-refractivity contribution in [3.8, 4) is 5.69 Å². The quantitative estimate of drug-likeness (QED) is 0.897. The van der Waals surface area contributed by atoms with Crippen molar-refractivity contribution in [3.05, 3.63) is 42.2 Å². The summed E-state index contributed by atoms with van der Waals surface area (Å²) in [5.41, 5.74) is 1.22. The summed E-state index contributed by atoms with van der Waals surface area (Å²) in [6.07, 6.45) is 5.99. The van der Waals surface area contributed by atoms with Crippen molar-refractivity contribution in [3.63, 3.8) is 0 Å². The lowest BCUT2D eigenvalue weighted by molar-refractivity contribution is 0.0918. The zero-order chi connectivity index (χ0) is 14.9. The number of para-hydroxylation sites is 1. The number of piperidine rings is 1. The fourth-order valence-electron chi connectivity index (χ4n) is 3.49. The first-order valence-electron chi connectivity index (χ1n) is 7.82. The van der Waals surface area contributed by atoms with E-state index in [1.54, 1.807) is 0 Å². The summed E-state index contributed by atoms with van der Waals surface area (Å²) in [6.45, 7) is 0. The van der Waals surface area contributed by atoms with Gasteiger partial charge in [0.1, 0.15) is 0 Å². The van der Waals surface area contributed by atoms with Crippen LogP contribution in [0, 0.1) is 0 Å². The summed E-state index contributed by atoms with van der Waals surface area (Å²) >= 11 is 0. The van der Waals surface area contributed by atoms with E-state index in [1.165, 1.54) is 23.8 Å². The lowest BCUT2D eigenvalue weighted by atomic mass is 10.00. The van der Waals surface area contributed by atoms with Crippen LogP contribution in [-0.2, 0) is 0 Å². The third-order valence-electron chi connectivity index (χ3n) is 4.52. The molecule has 1 aromatic carbocycles. The molecule has 0 aliphatic carbocycles. The highest BCUT2D eigenvalue weighted by Crippen LogP contribution is 2.26. The van der Waals surface area contributed by atoms with Crippen molar-refractivity contribution in [2.75, 3.05) is 0 Å². The number of carbonyl (C=O) groups is 1. The van der Waals surface area contributed by atoms with Crippen LogP contribution in [0.3, 0.4) is 0 Å². The second-order valence-corrected chi connectivity index (χ2v) is 6.13. The first-order valence-corrected chi connectivity index (χ1v) is 7.82. The Morgan fingerprint density at radius 1 is 1.17 bits per heavy atom. The van der Waals surface area contributed by atoms with Gasteiger partial charge in [0.25, 0.3) is 5.91 Å². The fourth-order valence-corrected chi connectivity index (χ4v) is 3.49. The molecule has 3 heterocycles. The average Bonchev–Trinajstić information content (AvgIpc) is 3.15. The molecular weight excluding hydrogens is 314 g/mol. The van der Waals surface area contributed by atoms with Crippen molar-refractivity contribution in [1.82, 2.24) is 25.6 Å². The number of hydrogen-bond acceptors (Lipinski definition) is 4. The monoisotopic (exact) mass is 333 g/mol. The van der Waals surface area contributed by atoms with E-state index in [0.29, 0.717) is 17.8 Å². The number of amides is 1. The third-order valence-corrected chi connectivity index (χ3v) is 4.52. The molecule has 2 bridgehead atoms. The molecule has 23 heavy (non-hydrogen) atoms. The van der Waals surface area contributed by atoms with E-state index in [9.17, 15) is 4.79 Å². The molecule has 122 valence electrons. The van der Waals surface area contributed by atoms with Crippen LogP contribution < -0.4 is 10.6 Å². The van der Waals surface area contributed by atoms with Gasteiger partial charge in [0, 0.05) is 18.1 Å². The summed E-state index contributed by atoms with van der Waals surface area (Å²) in [5, 5.41) is 15.1. The summed E-state index contributed by atoms with van der Waals surface area (Å²) < 4.78 is 0. The molecule has 2 aliphatic rings. The molecule has 6 nitrogen and oxygen atoms in total. The molecule has 1 amide bonds. The highest BCUT2D eigenvalue weighted by Gasteiger charge is 2.34. The third kappa shape index (κ3) is 3.38. The van der Waals surface area contributed by atoms with Gasteiger partial charge in [-0.2, -0.15) is 9.90 Å². The maximum absolute atomic E-state index is 12.3. The van der Waals surface area contributed by atoms with E-state index in [4.69, 9.17) is 0 Å². The van der Waals surface area contributed by atoms with Gasteiger partial charge >= 0.3 is 0 Å². The molecule has 2 saturated heterocycles. The van der Waals surface area contributed by atoms with Gasteiger partial charge in [-0.3, -0.25) is 4.79 Å². The minimum absolute atomic E-state index is 0. The highest BCUT2D eigenvalue weighted by atomic mass is 35.5. The minimum atomic E-state index is -0.131. The van der Waals surface area contributed by atoms with E-state index in [0.717, 1.165) is 18.5 Å². The number of rotatable bonds is 3. The molecule has 2 fully saturated rings. The smallest absolute Gasteiger partial charge is 0.273 e. The SMILES string of the molecule is Cl.O=C(NC1CC2CCC(C1)N2)c1cnn(-c2ccccc2)n1. The van der Waals surface area contributed by atoms with Gasteiger partial charge < -0.3 is 10.6 Å². The topological polar surface area (TPSA) is 71.8 Å². The molecule has 0 spiro atoms. The van der Waals surface area contributed by atoms with Crippen LogP contribution in [0.5, 0.6) is 0 Å². The number of fused-ring (bicyclic) bond motifs is 2. The van der Waals surface area contributed by atoms with E-state index < -0.39 is 0 Å². The number of carbonyl (C=O) groups excluding carboxylic acids is 1. The van der Waals surface area contributed by atoms with Crippen LogP contribution in [0.25, 0.3) is 5.69 Å². The van der Waals surface area contributed by atoms with Crippen molar-refractivity contribution < 1.29 is 4.79 Å². The molecule has 1 aromatic heterocycles. The maximum atomic E-state index is 12.3. The van der Waals surface area contributed by atoms with Gasteiger partial charge in [0.2, 0.25) is 0 Å². The van der Waals surface area contributed by atoms with E-state index in [2.05, 4.69) is 20.8 Å². The van der Waals surface area contributed by atoms with Gasteiger partial charge in [0.15, 0.2) is 5.69 Å². The van der Waals surface area contributed by atoms with Crippen LogP contribution in [0.1, 0.15) is 36.2 Å². The van der Waals surface area contributed by atoms with Crippen molar-refractivity contribution in [2.45, 2.75) is 43.8 Å². The number of hydrogen-bond donors (Lipinski definition) is 2. The Kier molecular flexibility index (Phi) is 4.63. The van der Waals surface area contributed by atoms with Gasteiger partial charge in [-0.25, -0.2) is 0 Å². The molecule has 0 saturated carbocycles.